The van der Waals surface area contributed by atoms with Crippen molar-refractivity contribution in [2.45, 2.75) is 57.4 Å². The Morgan fingerprint density at radius 1 is 1.36 bits per heavy atom. The third-order valence-electron chi connectivity index (χ3n) is 2.81. The molecule has 0 spiro atoms. The Kier molecular flexibility index (Phi) is 4.39. The lowest BCUT2D eigenvalue weighted by Gasteiger charge is -2.32. The molecule has 2 N–H and O–H groups in total. The minimum Gasteiger partial charge on any atom is -0.466 e. The first-order valence-corrected chi connectivity index (χ1v) is 5.61. The van der Waals surface area contributed by atoms with Crippen molar-refractivity contribution in [2.24, 2.45) is 5.73 Å². The molecule has 3 heteroatoms. The van der Waals surface area contributed by atoms with Crippen molar-refractivity contribution in [3.8, 4) is 0 Å². The van der Waals surface area contributed by atoms with Gasteiger partial charge in [-0.1, -0.05) is 26.2 Å². The Morgan fingerprint density at radius 3 is 2.57 bits per heavy atom. The maximum atomic E-state index is 11.4. The second-order valence-electron chi connectivity index (χ2n) is 4.32. The summed E-state index contributed by atoms with van der Waals surface area (Å²) in [4.78, 5) is 11.4. The van der Waals surface area contributed by atoms with E-state index in [0.717, 1.165) is 32.1 Å². The van der Waals surface area contributed by atoms with E-state index in [4.69, 9.17) is 10.5 Å². The average molecular weight is 199 g/mol. The summed E-state index contributed by atoms with van der Waals surface area (Å²) < 4.78 is 5.04. The van der Waals surface area contributed by atoms with Crippen LogP contribution in [0.5, 0.6) is 0 Å². The van der Waals surface area contributed by atoms with Gasteiger partial charge >= 0.3 is 5.97 Å². The molecule has 1 rings (SSSR count). The zero-order valence-corrected chi connectivity index (χ0v) is 9.05. The zero-order valence-electron chi connectivity index (χ0n) is 9.05. The molecule has 0 aromatic rings. The molecule has 0 aromatic heterocycles. The summed E-state index contributed by atoms with van der Waals surface area (Å²) >= 11 is 0. The van der Waals surface area contributed by atoms with Gasteiger partial charge in [-0.25, -0.2) is 0 Å². The highest BCUT2D eigenvalue weighted by atomic mass is 16.5. The van der Waals surface area contributed by atoms with Gasteiger partial charge in [0.2, 0.25) is 0 Å². The molecule has 82 valence electrons. The summed E-state index contributed by atoms with van der Waals surface area (Å²) in [5.74, 6) is -0.128. The SMILES string of the molecule is CCCOC(=O)CC1(N)CCCCC1. The number of nitrogens with two attached hydrogens (primary N) is 1. The van der Waals surface area contributed by atoms with E-state index in [9.17, 15) is 4.79 Å². The van der Waals surface area contributed by atoms with Crippen LogP contribution in [-0.4, -0.2) is 18.1 Å². The second-order valence-corrected chi connectivity index (χ2v) is 4.32. The molecule has 0 atom stereocenters. The quantitative estimate of drug-likeness (QED) is 0.704. The first kappa shape index (κ1) is 11.5. The van der Waals surface area contributed by atoms with Crippen LogP contribution in [0, 0.1) is 0 Å². The van der Waals surface area contributed by atoms with Gasteiger partial charge in [0, 0.05) is 5.54 Å². The molecular formula is C11H21NO2. The molecule has 0 amide bonds. The molecule has 0 saturated heterocycles. The standard InChI is InChI=1S/C11H21NO2/c1-2-8-14-10(13)9-11(12)6-4-3-5-7-11/h2-9,12H2,1H3. The maximum Gasteiger partial charge on any atom is 0.307 e. The van der Waals surface area contributed by atoms with Crippen LogP contribution in [0.4, 0.5) is 0 Å². The van der Waals surface area contributed by atoms with Crippen LogP contribution in [0.2, 0.25) is 0 Å². The molecule has 0 bridgehead atoms. The molecule has 0 aliphatic heterocycles. The van der Waals surface area contributed by atoms with Gasteiger partial charge in [-0.15, -0.1) is 0 Å². The molecule has 1 aliphatic rings. The topological polar surface area (TPSA) is 52.3 Å². The number of esters is 1. The van der Waals surface area contributed by atoms with Gasteiger partial charge in [0.05, 0.1) is 13.0 Å². The van der Waals surface area contributed by atoms with Gasteiger partial charge in [0.15, 0.2) is 0 Å². The summed E-state index contributed by atoms with van der Waals surface area (Å²) in [5.41, 5.74) is 5.86. The van der Waals surface area contributed by atoms with Crippen LogP contribution < -0.4 is 5.73 Å². The lowest BCUT2D eigenvalue weighted by atomic mass is 9.80. The minimum atomic E-state index is -0.275. The van der Waals surface area contributed by atoms with Gasteiger partial charge < -0.3 is 10.5 Å². The molecular weight excluding hydrogens is 178 g/mol. The monoisotopic (exact) mass is 199 g/mol. The van der Waals surface area contributed by atoms with Crippen molar-refractivity contribution in [1.82, 2.24) is 0 Å². The number of ether oxygens (including phenoxy) is 1. The number of rotatable bonds is 4. The van der Waals surface area contributed by atoms with Crippen molar-refractivity contribution in [1.29, 1.82) is 0 Å². The maximum absolute atomic E-state index is 11.4. The Balaban J connectivity index is 2.29. The normalized spacial score (nSPS) is 20.4. The summed E-state index contributed by atoms with van der Waals surface area (Å²) in [6, 6.07) is 0. The fraction of sp³-hybridized carbons (Fsp3) is 0.909. The fourth-order valence-corrected chi connectivity index (χ4v) is 1.99. The van der Waals surface area contributed by atoms with Crippen LogP contribution in [0.25, 0.3) is 0 Å². The van der Waals surface area contributed by atoms with Crippen LogP contribution in [-0.2, 0) is 9.53 Å². The number of carbonyl (C=O) groups is 1. The van der Waals surface area contributed by atoms with Crippen molar-refractivity contribution in [3.63, 3.8) is 0 Å². The van der Waals surface area contributed by atoms with E-state index in [1.54, 1.807) is 0 Å². The van der Waals surface area contributed by atoms with Crippen LogP contribution in [0.3, 0.4) is 0 Å². The van der Waals surface area contributed by atoms with Crippen LogP contribution in [0.15, 0.2) is 0 Å². The highest BCUT2D eigenvalue weighted by Gasteiger charge is 2.30. The molecule has 0 radical (unpaired) electrons. The number of carbonyl (C=O) groups excluding carboxylic acids is 1. The molecule has 0 aromatic carbocycles. The van der Waals surface area contributed by atoms with Crippen molar-refractivity contribution in [2.75, 3.05) is 6.61 Å². The summed E-state index contributed by atoms with van der Waals surface area (Å²) in [6.45, 7) is 2.51. The fourth-order valence-electron chi connectivity index (χ4n) is 1.99. The summed E-state index contributed by atoms with van der Waals surface area (Å²) in [7, 11) is 0. The van der Waals surface area contributed by atoms with Crippen molar-refractivity contribution >= 4 is 5.97 Å². The van der Waals surface area contributed by atoms with E-state index in [1.807, 2.05) is 6.92 Å². The first-order valence-electron chi connectivity index (χ1n) is 5.61. The molecule has 14 heavy (non-hydrogen) atoms. The molecule has 1 aliphatic carbocycles. The Hall–Kier alpha value is -0.570. The number of hydrogen-bond acceptors (Lipinski definition) is 3. The molecule has 3 nitrogen and oxygen atoms in total. The van der Waals surface area contributed by atoms with E-state index in [-0.39, 0.29) is 11.5 Å². The van der Waals surface area contributed by atoms with Gasteiger partial charge in [-0.3, -0.25) is 4.79 Å². The van der Waals surface area contributed by atoms with E-state index in [1.165, 1.54) is 6.42 Å². The third kappa shape index (κ3) is 3.66. The smallest absolute Gasteiger partial charge is 0.307 e. The van der Waals surface area contributed by atoms with Crippen LogP contribution in [0.1, 0.15) is 51.9 Å². The van der Waals surface area contributed by atoms with Crippen molar-refractivity contribution in [3.05, 3.63) is 0 Å². The molecule has 0 unspecified atom stereocenters. The van der Waals surface area contributed by atoms with E-state index < -0.39 is 0 Å². The van der Waals surface area contributed by atoms with Gasteiger partial charge in [-0.2, -0.15) is 0 Å². The number of hydrogen-bond donors (Lipinski definition) is 1. The first-order chi connectivity index (χ1) is 6.66. The Morgan fingerprint density at radius 2 is 2.00 bits per heavy atom. The third-order valence-corrected chi connectivity index (χ3v) is 2.81. The van der Waals surface area contributed by atoms with Crippen molar-refractivity contribution < 1.29 is 9.53 Å². The minimum absolute atomic E-state index is 0.128. The molecule has 1 fully saturated rings. The van der Waals surface area contributed by atoms with Gasteiger partial charge in [-0.05, 0) is 19.3 Å². The average Bonchev–Trinajstić information content (AvgIpc) is 2.15. The lowest BCUT2D eigenvalue weighted by molar-refractivity contribution is -0.145. The zero-order chi connectivity index (χ0) is 10.4. The molecule has 1 saturated carbocycles. The Labute approximate surface area is 86.0 Å². The predicted molar refractivity (Wildman–Crippen MR) is 55.9 cm³/mol. The highest BCUT2D eigenvalue weighted by molar-refractivity contribution is 5.70. The van der Waals surface area contributed by atoms with Gasteiger partial charge in [0.1, 0.15) is 0 Å². The second kappa shape index (κ2) is 5.35. The lowest BCUT2D eigenvalue weighted by Crippen LogP contribution is -2.43. The van der Waals surface area contributed by atoms with E-state index in [2.05, 4.69) is 0 Å². The summed E-state index contributed by atoms with van der Waals surface area (Å²) in [5, 5.41) is 0. The van der Waals surface area contributed by atoms with E-state index >= 15 is 0 Å². The summed E-state index contributed by atoms with van der Waals surface area (Å²) in [6.07, 6.45) is 6.76. The van der Waals surface area contributed by atoms with Gasteiger partial charge in [0.25, 0.3) is 0 Å². The highest BCUT2D eigenvalue weighted by Crippen LogP contribution is 2.28. The Bertz CT molecular complexity index is 186. The largest absolute Gasteiger partial charge is 0.466 e. The van der Waals surface area contributed by atoms with E-state index in [0.29, 0.717) is 13.0 Å². The molecule has 0 heterocycles. The van der Waals surface area contributed by atoms with Crippen LogP contribution >= 0.6 is 0 Å². The predicted octanol–water partition coefficient (Wildman–Crippen LogP) is 1.99.